The van der Waals surface area contributed by atoms with Crippen molar-refractivity contribution in [2.75, 3.05) is 6.61 Å². The number of rotatable bonds is 7. The summed E-state index contributed by atoms with van der Waals surface area (Å²) in [7, 11) is -3.71. The summed E-state index contributed by atoms with van der Waals surface area (Å²) in [5.41, 5.74) is 0.708. The summed E-state index contributed by atoms with van der Waals surface area (Å²) < 4.78 is 29.7. The minimum absolute atomic E-state index is 0.152. The van der Waals surface area contributed by atoms with Gasteiger partial charge in [-0.1, -0.05) is 32.0 Å². The summed E-state index contributed by atoms with van der Waals surface area (Å²) in [5.74, 6) is -1.05. The second kappa shape index (κ2) is 7.79. The van der Waals surface area contributed by atoms with Crippen molar-refractivity contribution in [1.82, 2.24) is 0 Å². The van der Waals surface area contributed by atoms with E-state index in [0.29, 0.717) is 17.5 Å². The number of ether oxygens (including phenoxy) is 1. The SMILES string of the molecule is CCCOC(=O)C(CC)S(=O)(=O)Cc1ccccc1C#N. The molecule has 0 aliphatic rings. The summed E-state index contributed by atoms with van der Waals surface area (Å²) in [4.78, 5) is 11.9. The molecule has 114 valence electrons. The van der Waals surface area contributed by atoms with Crippen molar-refractivity contribution in [2.45, 2.75) is 37.7 Å². The van der Waals surface area contributed by atoms with Crippen molar-refractivity contribution in [2.24, 2.45) is 0 Å². The highest BCUT2D eigenvalue weighted by Crippen LogP contribution is 2.18. The van der Waals surface area contributed by atoms with Crippen LogP contribution in [0, 0.1) is 11.3 Å². The molecule has 6 heteroatoms. The maximum atomic E-state index is 12.4. The van der Waals surface area contributed by atoms with Gasteiger partial charge in [-0.3, -0.25) is 4.79 Å². The van der Waals surface area contributed by atoms with Gasteiger partial charge in [0.2, 0.25) is 0 Å². The Hall–Kier alpha value is -1.87. The monoisotopic (exact) mass is 309 g/mol. The number of esters is 1. The van der Waals surface area contributed by atoms with E-state index in [2.05, 4.69) is 0 Å². The molecule has 21 heavy (non-hydrogen) atoms. The molecule has 0 aromatic heterocycles. The molecule has 1 aromatic rings. The number of hydrogen-bond donors (Lipinski definition) is 0. The van der Waals surface area contributed by atoms with Crippen LogP contribution in [0.25, 0.3) is 0 Å². The van der Waals surface area contributed by atoms with Gasteiger partial charge < -0.3 is 4.74 Å². The zero-order chi connectivity index (χ0) is 15.9. The van der Waals surface area contributed by atoms with E-state index in [1.165, 1.54) is 0 Å². The van der Waals surface area contributed by atoms with Crippen LogP contribution in [-0.4, -0.2) is 26.2 Å². The number of nitriles is 1. The van der Waals surface area contributed by atoms with Gasteiger partial charge >= 0.3 is 5.97 Å². The molecular weight excluding hydrogens is 290 g/mol. The van der Waals surface area contributed by atoms with Gasteiger partial charge in [0.1, 0.15) is 0 Å². The van der Waals surface area contributed by atoms with Crippen LogP contribution in [0.15, 0.2) is 24.3 Å². The van der Waals surface area contributed by atoms with E-state index in [9.17, 15) is 13.2 Å². The van der Waals surface area contributed by atoms with Gasteiger partial charge in [0.25, 0.3) is 0 Å². The smallest absolute Gasteiger partial charge is 0.324 e. The Kier molecular flexibility index (Phi) is 6.38. The molecule has 0 aliphatic carbocycles. The third kappa shape index (κ3) is 4.57. The molecule has 1 rings (SSSR count). The normalized spacial score (nSPS) is 12.4. The van der Waals surface area contributed by atoms with E-state index in [0.717, 1.165) is 0 Å². The third-order valence-corrected chi connectivity index (χ3v) is 5.12. The summed E-state index contributed by atoms with van der Waals surface area (Å²) in [6, 6.07) is 8.44. The highest BCUT2D eigenvalue weighted by Gasteiger charge is 2.32. The Morgan fingerprint density at radius 1 is 1.33 bits per heavy atom. The van der Waals surface area contributed by atoms with Gasteiger partial charge in [0.05, 0.1) is 24.0 Å². The maximum absolute atomic E-state index is 12.4. The standard InChI is InChI=1S/C15H19NO4S/c1-3-9-20-15(17)14(4-2)21(18,19)11-13-8-6-5-7-12(13)10-16/h5-8,14H,3-4,9,11H2,1-2H3. The minimum Gasteiger partial charge on any atom is -0.465 e. The van der Waals surface area contributed by atoms with Crippen LogP contribution < -0.4 is 0 Å². The van der Waals surface area contributed by atoms with Crippen LogP contribution in [0.4, 0.5) is 0 Å². The first-order valence-electron chi connectivity index (χ1n) is 6.82. The summed E-state index contributed by atoms with van der Waals surface area (Å²) in [5, 5.41) is 7.82. The van der Waals surface area contributed by atoms with E-state index in [4.69, 9.17) is 10.00 Å². The van der Waals surface area contributed by atoms with E-state index >= 15 is 0 Å². The largest absolute Gasteiger partial charge is 0.465 e. The van der Waals surface area contributed by atoms with Crippen LogP contribution in [0.2, 0.25) is 0 Å². The average molecular weight is 309 g/mol. The minimum atomic E-state index is -3.71. The first kappa shape index (κ1) is 17.2. The third-order valence-electron chi connectivity index (χ3n) is 3.01. The average Bonchev–Trinajstić information content (AvgIpc) is 2.45. The van der Waals surface area contributed by atoms with Crippen molar-refractivity contribution in [3.8, 4) is 6.07 Å². The van der Waals surface area contributed by atoms with Gasteiger partial charge in [-0.05, 0) is 24.5 Å². The molecular formula is C15H19NO4S. The first-order valence-corrected chi connectivity index (χ1v) is 8.54. The molecule has 0 saturated heterocycles. The molecule has 0 radical (unpaired) electrons. The lowest BCUT2D eigenvalue weighted by atomic mass is 10.1. The molecule has 0 saturated carbocycles. The molecule has 1 aromatic carbocycles. The lowest BCUT2D eigenvalue weighted by Crippen LogP contribution is -2.32. The number of hydrogen-bond acceptors (Lipinski definition) is 5. The Morgan fingerprint density at radius 2 is 2.00 bits per heavy atom. The van der Waals surface area contributed by atoms with Crippen molar-refractivity contribution >= 4 is 15.8 Å². The van der Waals surface area contributed by atoms with Gasteiger partial charge in [-0.25, -0.2) is 8.42 Å². The molecule has 0 fully saturated rings. The highest BCUT2D eigenvalue weighted by atomic mass is 32.2. The van der Waals surface area contributed by atoms with E-state index in [1.807, 2.05) is 13.0 Å². The van der Waals surface area contributed by atoms with E-state index in [-0.39, 0.29) is 18.8 Å². The molecule has 1 atom stereocenters. The predicted octanol–water partition coefficient (Wildman–Crippen LogP) is 2.20. The fourth-order valence-corrected chi connectivity index (χ4v) is 3.69. The number of benzene rings is 1. The number of carbonyl (C=O) groups excluding carboxylic acids is 1. The predicted molar refractivity (Wildman–Crippen MR) is 79.1 cm³/mol. The molecule has 0 spiro atoms. The first-order chi connectivity index (χ1) is 9.96. The quantitative estimate of drug-likeness (QED) is 0.721. The fraction of sp³-hybridized carbons (Fsp3) is 0.467. The number of sulfone groups is 1. The van der Waals surface area contributed by atoms with Crippen molar-refractivity contribution < 1.29 is 17.9 Å². The summed E-state index contributed by atoms with van der Waals surface area (Å²) in [6.07, 6.45) is 0.791. The lowest BCUT2D eigenvalue weighted by molar-refractivity contribution is -0.143. The van der Waals surface area contributed by atoms with Gasteiger partial charge in [-0.2, -0.15) is 5.26 Å². The second-order valence-corrected chi connectivity index (χ2v) is 6.82. The molecule has 0 bridgehead atoms. The second-order valence-electron chi connectivity index (χ2n) is 4.64. The Bertz CT molecular complexity index is 631. The summed E-state index contributed by atoms with van der Waals surface area (Å²) in [6.45, 7) is 3.68. The highest BCUT2D eigenvalue weighted by molar-refractivity contribution is 7.92. The fourth-order valence-electron chi connectivity index (χ4n) is 1.94. The Balaban J connectivity index is 2.98. The van der Waals surface area contributed by atoms with Crippen LogP contribution in [0.3, 0.4) is 0 Å². The van der Waals surface area contributed by atoms with Crippen LogP contribution in [0.5, 0.6) is 0 Å². The van der Waals surface area contributed by atoms with Crippen LogP contribution in [-0.2, 0) is 25.1 Å². The summed E-state index contributed by atoms with van der Waals surface area (Å²) >= 11 is 0. The molecule has 0 amide bonds. The topological polar surface area (TPSA) is 84.2 Å². The van der Waals surface area contributed by atoms with Crippen molar-refractivity contribution in [1.29, 1.82) is 5.26 Å². The molecule has 0 N–H and O–H groups in total. The lowest BCUT2D eigenvalue weighted by Gasteiger charge is -2.15. The van der Waals surface area contributed by atoms with E-state index in [1.54, 1.807) is 31.2 Å². The zero-order valence-corrected chi connectivity index (χ0v) is 13.0. The molecule has 0 aliphatic heterocycles. The number of nitrogens with zero attached hydrogens (tertiary/aromatic N) is 1. The molecule has 0 heterocycles. The Morgan fingerprint density at radius 3 is 2.57 bits per heavy atom. The van der Waals surface area contributed by atoms with Crippen molar-refractivity contribution in [3.05, 3.63) is 35.4 Å². The molecule has 1 unspecified atom stereocenters. The van der Waals surface area contributed by atoms with Gasteiger partial charge in [0, 0.05) is 0 Å². The molecule has 5 nitrogen and oxygen atoms in total. The van der Waals surface area contributed by atoms with E-state index < -0.39 is 21.1 Å². The van der Waals surface area contributed by atoms with Gasteiger partial charge in [-0.15, -0.1) is 0 Å². The number of carbonyl (C=O) groups is 1. The maximum Gasteiger partial charge on any atom is 0.324 e. The Labute approximate surface area is 125 Å². The van der Waals surface area contributed by atoms with Gasteiger partial charge in [0.15, 0.2) is 15.1 Å². The van der Waals surface area contributed by atoms with Crippen LogP contribution in [0.1, 0.15) is 37.8 Å². The zero-order valence-electron chi connectivity index (χ0n) is 12.2. The van der Waals surface area contributed by atoms with Crippen LogP contribution >= 0.6 is 0 Å². The van der Waals surface area contributed by atoms with Crippen molar-refractivity contribution in [3.63, 3.8) is 0 Å².